The van der Waals surface area contributed by atoms with Crippen molar-refractivity contribution in [2.75, 3.05) is 0 Å². The zero-order valence-electron chi connectivity index (χ0n) is 10.7. The largest absolute Gasteiger partial charge is 0.489 e. The van der Waals surface area contributed by atoms with Crippen LogP contribution < -0.4 is 10.5 Å². The molecular formula is C13H17BrNO3. The predicted molar refractivity (Wildman–Crippen MR) is 72.9 cm³/mol. The Morgan fingerprint density at radius 1 is 1.44 bits per heavy atom. The number of rotatable bonds is 3. The number of carbonyl (C=O) groups is 1. The average Bonchev–Trinajstić information content (AvgIpc) is 2.25. The second-order valence-corrected chi connectivity index (χ2v) is 5.70. The first-order valence-corrected chi connectivity index (χ1v) is 6.24. The molecule has 0 aliphatic heterocycles. The lowest BCUT2D eigenvalue weighted by Crippen LogP contribution is -2.31. The molecule has 0 aliphatic rings. The van der Waals surface area contributed by atoms with Gasteiger partial charge in [-0.1, -0.05) is 6.07 Å². The molecule has 0 aromatic heterocycles. The van der Waals surface area contributed by atoms with E-state index in [-0.39, 0.29) is 0 Å². The highest BCUT2D eigenvalue weighted by atomic mass is 79.9. The maximum Gasteiger partial charge on any atom is 0.328 e. The number of hydrogen-bond acceptors (Lipinski definition) is 4. The first-order chi connectivity index (χ1) is 8.24. The molecule has 0 aliphatic carbocycles. The molecule has 0 spiro atoms. The molecule has 0 fully saturated rings. The van der Waals surface area contributed by atoms with Crippen LogP contribution in [0.5, 0.6) is 5.75 Å². The molecule has 1 radical (unpaired) electrons. The third kappa shape index (κ3) is 3.99. The van der Waals surface area contributed by atoms with Gasteiger partial charge in [0.1, 0.15) is 24.5 Å². The summed E-state index contributed by atoms with van der Waals surface area (Å²) in [5.74, 6) is 0.118. The molecule has 0 bridgehead atoms. The number of halogens is 1. The molecule has 2 N–H and O–H groups in total. The number of nitrogens with two attached hydrogens (primary N) is 1. The number of ether oxygens (including phenoxy) is 2. The van der Waals surface area contributed by atoms with Crippen LogP contribution in [0.2, 0.25) is 0 Å². The van der Waals surface area contributed by atoms with E-state index in [0.29, 0.717) is 15.8 Å². The standard InChI is InChI=1S/C13H17BrNO3/c1-13(2,3)18-12(16)11(15)8-5-6-10(17-4)9(14)7-8/h5-7,11H,4,15H2,1-3H3. The van der Waals surface area contributed by atoms with E-state index in [0.717, 1.165) is 0 Å². The lowest BCUT2D eigenvalue weighted by molar-refractivity contribution is -0.156. The van der Waals surface area contributed by atoms with Gasteiger partial charge in [-0.2, -0.15) is 0 Å². The zero-order valence-corrected chi connectivity index (χ0v) is 12.3. The van der Waals surface area contributed by atoms with Crippen LogP contribution in [0.1, 0.15) is 32.4 Å². The highest BCUT2D eigenvalue weighted by Gasteiger charge is 2.23. The van der Waals surface area contributed by atoms with E-state index in [1.807, 2.05) is 0 Å². The van der Waals surface area contributed by atoms with E-state index in [9.17, 15) is 4.79 Å². The van der Waals surface area contributed by atoms with E-state index < -0.39 is 17.6 Å². The molecule has 0 saturated heterocycles. The fourth-order valence-corrected chi connectivity index (χ4v) is 1.84. The van der Waals surface area contributed by atoms with Crippen molar-refractivity contribution in [3.05, 3.63) is 35.3 Å². The van der Waals surface area contributed by atoms with Gasteiger partial charge in [-0.25, -0.2) is 4.79 Å². The Kier molecular flexibility index (Phi) is 4.76. The van der Waals surface area contributed by atoms with Crippen molar-refractivity contribution >= 4 is 21.9 Å². The highest BCUT2D eigenvalue weighted by molar-refractivity contribution is 9.10. The summed E-state index contributed by atoms with van der Waals surface area (Å²) in [4.78, 5) is 11.8. The van der Waals surface area contributed by atoms with Gasteiger partial charge < -0.3 is 15.2 Å². The van der Waals surface area contributed by atoms with Crippen molar-refractivity contribution in [2.24, 2.45) is 5.73 Å². The number of benzene rings is 1. The maximum absolute atomic E-state index is 11.8. The second kappa shape index (κ2) is 5.71. The SMILES string of the molecule is [CH2]Oc1ccc(C(N)C(=O)OC(C)(C)C)cc1Br. The van der Waals surface area contributed by atoms with Crippen LogP contribution in [0, 0.1) is 7.11 Å². The maximum atomic E-state index is 11.8. The van der Waals surface area contributed by atoms with Gasteiger partial charge in [0, 0.05) is 0 Å². The fourth-order valence-electron chi connectivity index (χ4n) is 1.33. The topological polar surface area (TPSA) is 61.5 Å². The number of carbonyl (C=O) groups excluding carboxylic acids is 1. The van der Waals surface area contributed by atoms with Crippen molar-refractivity contribution in [2.45, 2.75) is 32.4 Å². The van der Waals surface area contributed by atoms with E-state index in [1.54, 1.807) is 39.0 Å². The zero-order chi connectivity index (χ0) is 13.9. The third-order valence-corrected chi connectivity index (χ3v) is 2.75. The minimum absolute atomic E-state index is 0.460. The van der Waals surface area contributed by atoms with Crippen molar-refractivity contribution < 1.29 is 14.3 Å². The Bertz CT molecular complexity index is 440. The summed E-state index contributed by atoms with van der Waals surface area (Å²) in [6, 6.07) is 4.30. The summed E-state index contributed by atoms with van der Waals surface area (Å²) < 4.78 is 10.8. The van der Waals surface area contributed by atoms with E-state index >= 15 is 0 Å². The van der Waals surface area contributed by atoms with E-state index in [1.165, 1.54) is 0 Å². The minimum Gasteiger partial charge on any atom is -0.489 e. The van der Waals surface area contributed by atoms with Gasteiger partial charge in [-0.3, -0.25) is 0 Å². The van der Waals surface area contributed by atoms with Crippen molar-refractivity contribution in [3.63, 3.8) is 0 Å². The summed E-state index contributed by atoms with van der Waals surface area (Å²) >= 11 is 3.31. The quantitative estimate of drug-likeness (QED) is 0.871. The molecule has 99 valence electrons. The van der Waals surface area contributed by atoms with Gasteiger partial charge in [0.05, 0.1) is 4.47 Å². The van der Waals surface area contributed by atoms with Gasteiger partial charge in [-0.05, 0) is 54.4 Å². The molecule has 1 atom stereocenters. The molecule has 5 heteroatoms. The van der Waals surface area contributed by atoms with Gasteiger partial charge in [-0.15, -0.1) is 0 Å². The summed E-state index contributed by atoms with van der Waals surface area (Å²) in [6.45, 7) is 5.40. The van der Waals surface area contributed by atoms with Gasteiger partial charge in [0.2, 0.25) is 0 Å². The van der Waals surface area contributed by atoms with Crippen LogP contribution in [-0.2, 0) is 9.53 Å². The number of hydrogen-bond donors (Lipinski definition) is 1. The molecule has 0 amide bonds. The Balaban J connectivity index is 2.87. The van der Waals surface area contributed by atoms with Crippen LogP contribution in [-0.4, -0.2) is 11.6 Å². The molecule has 4 nitrogen and oxygen atoms in total. The van der Waals surface area contributed by atoms with Gasteiger partial charge in [0.15, 0.2) is 0 Å². The summed E-state index contributed by atoms with van der Waals surface area (Å²) in [5, 5.41) is 0. The lowest BCUT2D eigenvalue weighted by atomic mass is 10.1. The lowest BCUT2D eigenvalue weighted by Gasteiger charge is -2.22. The van der Waals surface area contributed by atoms with Gasteiger partial charge >= 0.3 is 5.97 Å². The molecule has 1 unspecified atom stereocenters. The Labute approximate surface area is 116 Å². The summed E-state index contributed by atoms with van der Waals surface area (Å²) in [6.07, 6.45) is 0. The molecule has 18 heavy (non-hydrogen) atoms. The van der Waals surface area contributed by atoms with Crippen LogP contribution in [0.15, 0.2) is 22.7 Å². The molecule has 0 heterocycles. The smallest absolute Gasteiger partial charge is 0.328 e. The Morgan fingerprint density at radius 2 is 2.06 bits per heavy atom. The molecular weight excluding hydrogens is 298 g/mol. The molecule has 1 rings (SSSR count). The van der Waals surface area contributed by atoms with Crippen LogP contribution >= 0.6 is 15.9 Å². The highest BCUT2D eigenvalue weighted by Crippen LogP contribution is 2.28. The fraction of sp³-hybridized carbons (Fsp3) is 0.385. The van der Waals surface area contributed by atoms with Crippen LogP contribution in [0.4, 0.5) is 0 Å². The summed E-state index contributed by atoms with van der Waals surface area (Å²) in [7, 11) is 3.32. The van der Waals surface area contributed by atoms with Crippen molar-refractivity contribution in [1.82, 2.24) is 0 Å². The van der Waals surface area contributed by atoms with Gasteiger partial charge in [0.25, 0.3) is 0 Å². The number of esters is 1. The first kappa shape index (κ1) is 15.0. The Hall–Kier alpha value is -1.07. The molecule has 1 aromatic carbocycles. The normalized spacial score (nSPS) is 13.0. The third-order valence-electron chi connectivity index (χ3n) is 2.13. The van der Waals surface area contributed by atoms with Crippen LogP contribution in [0.3, 0.4) is 0 Å². The van der Waals surface area contributed by atoms with E-state index in [2.05, 4.69) is 23.0 Å². The van der Waals surface area contributed by atoms with Crippen molar-refractivity contribution in [1.29, 1.82) is 0 Å². The molecule has 0 saturated carbocycles. The van der Waals surface area contributed by atoms with Crippen molar-refractivity contribution in [3.8, 4) is 5.75 Å². The van der Waals surface area contributed by atoms with E-state index in [4.69, 9.17) is 15.2 Å². The Morgan fingerprint density at radius 3 is 2.50 bits per heavy atom. The second-order valence-electron chi connectivity index (χ2n) is 4.85. The molecule has 1 aromatic rings. The average molecular weight is 315 g/mol. The summed E-state index contributed by atoms with van der Waals surface area (Å²) in [5.41, 5.74) is 5.95. The monoisotopic (exact) mass is 314 g/mol. The van der Waals surface area contributed by atoms with Crippen LogP contribution in [0.25, 0.3) is 0 Å². The predicted octanol–water partition coefficient (Wildman–Crippen LogP) is 2.96. The first-order valence-electron chi connectivity index (χ1n) is 5.44. The minimum atomic E-state index is -0.820.